The molecule has 3 fully saturated rings. The molecule has 1 amide bonds. The van der Waals surface area contributed by atoms with Crippen LogP contribution in [0.2, 0.25) is 0 Å². The maximum atomic E-state index is 13.9. The maximum absolute atomic E-state index is 13.9. The second kappa shape index (κ2) is 10.7. The van der Waals surface area contributed by atoms with Gasteiger partial charge in [-0.1, -0.05) is 42.5 Å². The second-order valence-electron chi connectivity index (χ2n) is 9.90. The monoisotopic (exact) mass is 507 g/mol. The number of benzene rings is 3. The number of amides is 1. The van der Waals surface area contributed by atoms with Gasteiger partial charge in [-0.05, 0) is 36.4 Å². The summed E-state index contributed by atoms with van der Waals surface area (Å²) < 4.78 is 39.9. The molecule has 0 saturated carbocycles. The van der Waals surface area contributed by atoms with Crippen molar-refractivity contribution in [1.29, 1.82) is 0 Å². The van der Waals surface area contributed by atoms with Crippen molar-refractivity contribution in [3.05, 3.63) is 102 Å². The Morgan fingerprint density at radius 2 is 1.51 bits per heavy atom. The lowest BCUT2D eigenvalue weighted by atomic mass is 9.83. The number of nitrogens with zero attached hydrogens (tertiary/aromatic N) is 1. The molecule has 0 aliphatic carbocycles. The van der Waals surface area contributed by atoms with Gasteiger partial charge in [-0.2, -0.15) is 0 Å². The van der Waals surface area contributed by atoms with Crippen molar-refractivity contribution in [3.8, 4) is 0 Å². The molecule has 3 saturated heterocycles. The Kier molecular flexibility index (Phi) is 7.19. The molecule has 3 aromatic carbocycles. The Hall–Kier alpha value is -3.78. The lowest BCUT2D eigenvalue weighted by Gasteiger charge is -2.51. The number of halogens is 2. The van der Waals surface area contributed by atoms with Gasteiger partial charge in [0.1, 0.15) is 18.2 Å². The van der Waals surface area contributed by atoms with Crippen LogP contribution in [-0.2, 0) is 14.3 Å². The van der Waals surface area contributed by atoms with E-state index in [1.54, 1.807) is 12.1 Å². The summed E-state index contributed by atoms with van der Waals surface area (Å²) in [7, 11) is 0. The highest BCUT2D eigenvalue weighted by Crippen LogP contribution is 2.36. The molecule has 3 aliphatic rings. The van der Waals surface area contributed by atoms with Crippen LogP contribution in [0.25, 0.3) is 0 Å². The molecule has 192 valence electrons. The fraction of sp³-hybridized carbons (Fsp3) is 0.310. The zero-order valence-corrected chi connectivity index (χ0v) is 20.3. The fourth-order valence-corrected chi connectivity index (χ4v) is 5.52. The molecule has 6 rings (SSSR count). The SMILES string of the molecule is O=C(C[N+]12CCC(CC1)C(OC(=O)OC(c1cccc(F)c1)c1cccc(F)c1)C2)Nc1ccccc1. The molecule has 3 aromatic rings. The first-order chi connectivity index (χ1) is 17.9. The molecule has 3 aliphatic heterocycles. The molecule has 6 nitrogen and oxygen atoms in total. The summed E-state index contributed by atoms with van der Waals surface area (Å²) in [4.78, 5) is 25.7. The minimum Gasteiger partial charge on any atom is -0.425 e. The summed E-state index contributed by atoms with van der Waals surface area (Å²) in [5, 5.41) is 2.94. The third-order valence-electron chi connectivity index (χ3n) is 7.34. The lowest BCUT2D eigenvalue weighted by Crippen LogP contribution is -2.66. The molecule has 0 radical (unpaired) electrons. The Bertz CT molecular complexity index is 1220. The topological polar surface area (TPSA) is 64.6 Å². The first kappa shape index (κ1) is 24.9. The number of rotatable bonds is 7. The molecule has 37 heavy (non-hydrogen) atoms. The van der Waals surface area contributed by atoms with Gasteiger partial charge in [-0.25, -0.2) is 13.6 Å². The van der Waals surface area contributed by atoms with Gasteiger partial charge in [0.15, 0.2) is 18.8 Å². The number of nitrogens with one attached hydrogen (secondary N) is 1. The van der Waals surface area contributed by atoms with E-state index in [0.717, 1.165) is 31.6 Å². The van der Waals surface area contributed by atoms with E-state index in [9.17, 15) is 18.4 Å². The van der Waals surface area contributed by atoms with Crippen molar-refractivity contribution >= 4 is 17.7 Å². The quantitative estimate of drug-likeness (QED) is 0.341. The number of piperidine rings is 3. The Labute approximate surface area is 214 Å². The van der Waals surface area contributed by atoms with Crippen LogP contribution in [0.3, 0.4) is 0 Å². The molecular formula is C29H29F2N2O4+. The van der Waals surface area contributed by atoms with Crippen LogP contribution in [-0.4, -0.2) is 48.8 Å². The number of anilines is 1. The van der Waals surface area contributed by atoms with E-state index in [4.69, 9.17) is 9.47 Å². The summed E-state index contributed by atoms with van der Waals surface area (Å²) in [5.74, 6) is -0.876. The van der Waals surface area contributed by atoms with E-state index < -0.39 is 30.0 Å². The normalized spacial score (nSPS) is 22.5. The van der Waals surface area contributed by atoms with Crippen LogP contribution in [0.15, 0.2) is 78.9 Å². The van der Waals surface area contributed by atoms with Gasteiger partial charge < -0.3 is 19.3 Å². The van der Waals surface area contributed by atoms with Crippen molar-refractivity contribution in [3.63, 3.8) is 0 Å². The summed E-state index contributed by atoms with van der Waals surface area (Å²) in [5.41, 5.74) is 1.49. The highest BCUT2D eigenvalue weighted by Gasteiger charge is 2.49. The van der Waals surface area contributed by atoms with Crippen molar-refractivity contribution < 1.29 is 32.3 Å². The highest BCUT2D eigenvalue weighted by molar-refractivity contribution is 5.91. The molecular weight excluding hydrogens is 478 g/mol. The average molecular weight is 508 g/mol. The summed E-state index contributed by atoms with van der Waals surface area (Å²) in [6, 6.07) is 20.6. The molecule has 1 unspecified atom stereocenters. The summed E-state index contributed by atoms with van der Waals surface area (Å²) in [6.07, 6.45) is -0.647. The number of para-hydroxylation sites is 1. The van der Waals surface area contributed by atoms with Gasteiger partial charge in [-0.3, -0.25) is 4.79 Å². The van der Waals surface area contributed by atoms with Gasteiger partial charge in [-0.15, -0.1) is 0 Å². The number of quaternary nitrogens is 1. The molecule has 0 spiro atoms. The minimum absolute atomic E-state index is 0.0786. The average Bonchev–Trinajstić information content (AvgIpc) is 2.88. The standard InChI is InChI=1S/C29H28F2N2O4/c30-23-8-4-6-21(16-23)28(22-7-5-9-24(31)17-22)37-29(35)36-26-18-33(14-12-20(26)13-15-33)19-27(34)32-25-10-2-1-3-11-25/h1-11,16-17,20,26,28H,12-15,18-19H2/p+1. The van der Waals surface area contributed by atoms with Crippen molar-refractivity contribution in [1.82, 2.24) is 0 Å². The number of hydrogen-bond acceptors (Lipinski definition) is 4. The third-order valence-corrected chi connectivity index (χ3v) is 7.34. The minimum atomic E-state index is -1.03. The maximum Gasteiger partial charge on any atom is 0.509 e. The molecule has 1 N–H and O–H groups in total. The second-order valence-corrected chi connectivity index (χ2v) is 9.90. The van der Waals surface area contributed by atoms with Crippen LogP contribution in [0.5, 0.6) is 0 Å². The predicted octanol–water partition coefficient (Wildman–Crippen LogP) is 5.46. The van der Waals surface area contributed by atoms with E-state index in [2.05, 4.69) is 5.32 Å². The van der Waals surface area contributed by atoms with Crippen molar-refractivity contribution in [2.45, 2.75) is 25.0 Å². The molecule has 2 bridgehead atoms. The van der Waals surface area contributed by atoms with Crippen molar-refractivity contribution in [2.24, 2.45) is 5.92 Å². The fourth-order valence-electron chi connectivity index (χ4n) is 5.52. The van der Waals surface area contributed by atoms with Gasteiger partial charge >= 0.3 is 6.16 Å². The van der Waals surface area contributed by atoms with E-state index in [1.807, 2.05) is 30.3 Å². The predicted molar refractivity (Wildman–Crippen MR) is 134 cm³/mol. The number of fused-ring (bicyclic) bond motifs is 3. The van der Waals surface area contributed by atoms with Crippen LogP contribution < -0.4 is 5.32 Å². The van der Waals surface area contributed by atoms with Gasteiger partial charge in [0.05, 0.1) is 13.1 Å². The van der Waals surface area contributed by atoms with E-state index in [-0.39, 0.29) is 11.8 Å². The first-order valence-electron chi connectivity index (χ1n) is 12.5. The van der Waals surface area contributed by atoms with Crippen LogP contribution in [0, 0.1) is 17.6 Å². The van der Waals surface area contributed by atoms with Crippen LogP contribution in [0.1, 0.15) is 30.1 Å². The zero-order valence-electron chi connectivity index (χ0n) is 20.3. The Balaban J connectivity index is 1.26. The lowest BCUT2D eigenvalue weighted by molar-refractivity contribution is -0.939. The van der Waals surface area contributed by atoms with E-state index in [1.165, 1.54) is 36.4 Å². The van der Waals surface area contributed by atoms with Gasteiger partial charge in [0.25, 0.3) is 5.91 Å². The number of ether oxygens (including phenoxy) is 2. The Morgan fingerprint density at radius 1 is 0.892 bits per heavy atom. The smallest absolute Gasteiger partial charge is 0.425 e. The van der Waals surface area contributed by atoms with Crippen LogP contribution >= 0.6 is 0 Å². The summed E-state index contributed by atoms with van der Waals surface area (Å²) in [6.45, 7) is 2.51. The van der Waals surface area contributed by atoms with E-state index in [0.29, 0.717) is 28.7 Å². The third kappa shape index (κ3) is 5.97. The Morgan fingerprint density at radius 3 is 2.11 bits per heavy atom. The van der Waals surface area contributed by atoms with Gasteiger partial charge in [0.2, 0.25) is 0 Å². The molecule has 8 heteroatoms. The van der Waals surface area contributed by atoms with Crippen molar-refractivity contribution in [2.75, 3.05) is 31.5 Å². The number of hydrogen-bond donors (Lipinski definition) is 1. The largest absolute Gasteiger partial charge is 0.509 e. The van der Waals surface area contributed by atoms with Gasteiger partial charge in [0, 0.05) is 35.6 Å². The highest BCUT2D eigenvalue weighted by atomic mass is 19.1. The number of carbonyl (C=O) groups is 2. The van der Waals surface area contributed by atoms with E-state index >= 15 is 0 Å². The molecule has 3 heterocycles. The molecule has 1 atom stereocenters. The first-order valence-corrected chi connectivity index (χ1v) is 12.5. The van der Waals surface area contributed by atoms with Crippen LogP contribution in [0.4, 0.5) is 19.3 Å². The zero-order chi connectivity index (χ0) is 25.8. The molecule has 0 aromatic heterocycles. The number of carbonyl (C=O) groups excluding carboxylic acids is 2. The summed E-state index contributed by atoms with van der Waals surface area (Å²) >= 11 is 0.